The van der Waals surface area contributed by atoms with E-state index in [2.05, 4.69) is 26.3 Å². The molecule has 35 heavy (non-hydrogen) atoms. The van der Waals surface area contributed by atoms with Crippen LogP contribution >= 0.6 is 11.3 Å². The average Bonchev–Trinajstić information content (AvgIpc) is 3.55. The van der Waals surface area contributed by atoms with E-state index >= 15 is 0 Å². The molecule has 2 aliphatic heterocycles. The maximum atomic E-state index is 13.1. The number of aryl methyl sites for hydroxylation is 1. The summed E-state index contributed by atoms with van der Waals surface area (Å²) in [6.07, 6.45) is 3.83. The zero-order valence-corrected chi connectivity index (χ0v) is 20.2. The number of benzene rings is 1. The number of ether oxygens (including phenoxy) is 1. The lowest BCUT2D eigenvalue weighted by atomic mass is 9.87. The minimum Gasteiger partial charge on any atom is -0.492 e. The van der Waals surface area contributed by atoms with Gasteiger partial charge in [0.05, 0.1) is 36.4 Å². The molecule has 1 aromatic carbocycles. The monoisotopic (exact) mass is 493 g/mol. The Hall–Kier alpha value is -3.08. The van der Waals surface area contributed by atoms with E-state index in [0.29, 0.717) is 26.0 Å². The van der Waals surface area contributed by atoms with Gasteiger partial charge >= 0.3 is 0 Å². The Bertz CT molecular complexity index is 1330. The molecule has 1 amide bonds. The number of rotatable bonds is 5. The number of aliphatic hydroxyl groups excluding tert-OH is 2. The summed E-state index contributed by atoms with van der Waals surface area (Å²) in [6.45, 7) is 3.58. The Morgan fingerprint density at radius 1 is 1.26 bits per heavy atom. The molecule has 2 aromatic heterocycles. The van der Waals surface area contributed by atoms with Gasteiger partial charge in [0, 0.05) is 30.1 Å². The Morgan fingerprint density at radius 2 is 2.09 bits per heavy atom. The maximum absolute atomic E-state index is 13.1. The largest absolute Gasteiger partial charge is 0.492 e. The molecule has 6 rings (SSSR count). The number of nitrogens with one attached hydrogen (secondary N) is 1. The highest BCUT2D eigenvalue weighted by atomic mass is 32.1. The van der Waals surface area contributed by atoms with Crippen molar-refractivity contribution in [1.82, 2.24) is 14.9 Å². The van der Waals surface area contributed by atoms with Crippen molar-refractivity contribution in [3.05, 3.63) is 40.0 Å². The summed E-state index contributed by atoms with van der Waals surface area (Å²) in [5.41, 5.74) is 4.26. The number of β-amino-alcohol motifs (C(OH)–C–C–N with tert-alkyl or cyclic N) is 2. The van der Waals surface area contributed by atoms with Crippen molar-refractivity contribution in [3.63, 3.8) is 0 Å². The predicted octanol–water partition coefficient (Wildman–Crippen LogP) is 2.44. The van der Waals surface area contributed by atoms with Crippen LogP contribution in [0, 0.1) is 5.92 Å². The summed E-state index contributed by atoms with van der Waals surface area (Å²) in [5.74, 6) is 1.36. The summed E-state index contributed by atoms with van der Waals surface area (Å²) >= 11 is 1.61. The number of likely N-dealkylation sites (tertiary alicyclic amines) is 1. The molecule has 182 valence electrons. The SMILES string of the molecule is CCOc1cc2c(cc1Nc1ncnc3sc4c(c13)CC[C@H](C(=O)N1C[C@H](O)[C@@H](O)C1)C4)C=NC2. The molecule has 1 fully saturated rings. The van der Waals surface area contributed by atoms with Crippen LogP contribution < -0.4 is 10.1 Å². The smallest absolute Gasteiger partial charge is 0.226 e. The Kier molecular flexibility index (Phi) is 5.66. The molecule has 3 atom stereocenters. The molecular formula is C25H27N5O4S. The first-order valence-electron chi connectivity index (χ1n) is 12.0. The number of fused-ring (bicyclic) bond motifs is 4. The van der Waals surface area contributed by atoms with Crippen LogP contribution in [0.4, 0.5) is 11.5 Å². The van der Waals surface area contributed by atoms with Crippen LogP contribution in [0.2, 0.25) is 0 Å². The fourth-order valence-electron chi connectivity index (χ4n) is 5.26. The maximum Gasteiger partial charge on any atom is 0.226 e. The minimum atomic E-state index is -0.863. The Balaban J connectivity index is 1.30. The first-order valence-corrected chi connectivity index (χ1v) is 12.8. The van der Waals surface area contributed by atoms with Crippen LogP contribution in [0.1, 0.15) is 34.9 Å². The fourth-order valence-corrected chi connectivity index (χ4v) is 6.53. The second-order valence-corrected chi connectivity index (χ2v) is 10.4. The molecule has 0 spiro atoms. The molecule has 3 aromatic rings. The van der Waals surface area contributed by atoms with Crippen molar-refractivity contribution in [2.45, 2.75) is 44.9 Å². The van der Waals surface area contributed by atoms with E-state index in [4.69, 9.17) is 4.74 Å². The van der Waals surface area contributed by atoms with Crippen LogP contribution in [-0.4, -0.2) is 69.1 Å². The van der Waals surface area contributed by atoms with Gasteiger partial charge < -0.3 is 25.2 Å². The number of thiophene rings is 1. The molecular weight excluding hydrogens is 466 g/mol. The van der Waals surface area contributed by atoms with Gasteiger partial charge in [-0.1, -0.05) is 0 Å². The highest BCUT2D eigenvalue weighted by Gasteiger charge is 2.37. The van der Waals surface area contributed by atoms with E-state index in [-0.39, 0.29) is 24.9 Å². The molecule has 0 radical (unpaired) electrons. The third kappa shape index (κ3) is 3.95. The van der Waals surface area contributed by atoms with Gasteiger partial charge in [-0.3, -0.25) is 9.79 Å². The van der Waals surface area contributed by atoms with E-state index in [1.807, 2.05) is 19.2 Å². The Labute approximate surface area is 206 Å². The van der Waals surface area contributed by atoms with Crippen LogP contribution in [0.25, 0.3) is 10.2 Å². The van der Waals surface area contributed by atoms with Crippen LogP contribution in [0.5, 0.6) is 5.75 Å². The first kappa shape index (κ1) is 22.4. The zero-order valence-electron chi connectivity index (χ0n) is 19.4. The van der Waals surface area contributed by atoms with Crippen molar-refractivity contribution in [2.24, 2.45) is 10.9 Å². The molecule has 1 saturated heterocycles. The van der Waals surface area contributed by atoms with Crippen molar-refractivity contribution in [3.8, 4) is 5.75 Å². The van der Waals surface area contributed by atoms with Crippen molar-refractivity contribution in [2.75, 3.05) is 25.0 Å². The number of amides is 1. The first-order chi connectivity index (χ1) is 17.0. The minimum absolute atomic E-state index is 0.00861. The summed E-state index contributed by atoms with van der Waals surface area (Å²) in [7, 11) is 0. The second kappa shape index (κ2) is 8.85. The van der Waals surface area contributed by atoms with E-state index in [9.17, 15) is 15.0 Å². The number of hydrogen-bond donors (Lipinski definition) is 3. The molecule has 1 aliphatic carbocycles. The van der Waals surface area contributed by atoms with Crippen molar-refractivity contribution < 1.29 is 19.7 Å². The molecule has 9 nitrogen and oxygen atoms in total. The normalized spacial score (nSPS) is 22.9. The van der Waals surface area contributed by atoms with Gasteiger partial charge in [-0.05, 0) is 55.0 Å². The molecule has 3 N–H and O–H groups in total. The number of aliphatic hydroxyl groups is 2. The predicted molar refractivity (Wildman–Crippen MR) is 134 cm³/mol. The van der Waals surface area contributed by atoms with Gasteiger partial charge in [0.1, 0.15) is 22.7 Å². The highest BCUT2D eigenvalue weighted by molar-refractivity contribution is 7.19. The summed E-state index contributed by atoms with van der Waals surface area (Å²) in [4.78, 5) is 30.2. The standard InChI is InChI=1S/C25H27N5O4S/c1-2-34-20-6-15-9-26-8-14(15)5-17(20)29-23-22-16-4-3-13(7-21(16)35-24(22)28-12-27-23)25(33)30-10-18(31)19(32)11-30/h5-6,8,12-13,18-19,31-32H,2-4,7,9-11H2,1H3,(H,27,28,29)/t13-,18-,19-/m0/s1. The van der Waals surface area contributed by atoms with E-state index in [0.717, 1.165) is 49.9 Å². The van der Waals surface area contributed by atoms with E-state index < -0.39 is 12.2 Å². The number of nitrogens with zero attached hydrogens (tertiary/aromatic N) is 4. The molecule has 0 bridgehead atoms. The number of carbonyl (C=O) groups excluding carboxylic acids is 1. The lowest BCUT2D eigenvalue weighted by molar-refractivity contribution is -0.135. The number of aliphatic imine (C=N–C) groups is 1. The fraction of sp³-hybridized carbons (Fsp3) is 0.440. The number of anilines is 2. The molecule has 4 heterocycles. The number of hydrogen-bond acceptors (Lipinski definition) is 9. The van der Waals surface area contributed by atoms with Crippen molar-refractivity contribution >= 4 is 45.2 Å². The third-order valence-electron chi connectivity index (χ3n) is 7.05. The molecule has 0 unspecified atom stereocenters. The lowest BCUT2D eigenvalue weighted by Crippen LogP contribution is -2.37. The van der Waals surface area contributed by atoms with E-state index in [1.54, 1.807) is 22.6 Å². The average molecular weight is 494 g/mol. The highest BCUT2D eigenvalue weighted by Crippen LogP contribution is 2.42. The van der Waals surface area contributed by atoms with Gasteiger partial charge in [-0.25, -0.2) is 9.97 Å². The van der Waals surface area contributed by atoms with Gasteiger partial charge in [-0.2, -0.15) is 0 Å². The number of carbonyl (C=O) groups is 1. The van der Waals surface area contributed by atoms with Crippen LogP contribution in [0.3, 0.4) is 0 Å². The Morgan fingerprint density at radius 3 is 2.89 bits per heavy atom. The topological polar surface area (TPSA) is 120 Å². The number of aromatic nitrogens is 2. The van der Waals surface area contributed by atoms with Gasteiger partial charge in [-0.15, -0.1) is 11.3 Å². The molecule has 0 saturated carbocycles. The summed E-state index contributed by atoms with van der Waals surface area (Å²) < 4.78 is 5.91. The van der Waals surface area contributed by atoms with Gasteiger partial charge in [0.2, 0.25) is 5.91 Å². The lowest BCUT2D eigenvalue weighted by Gasteiger charge is -2.26. The summed E-state index contributed by atoms with van der Waals surface area (Å²) in [6, 6.07) is 4.09. The molecule has 3 aliphatic rings. The van der Waals surface area contributed by atoms with Crippen LogP contribution in [0.15, 0.2) is 23.5 Å². The van der Waals surface area contributed by atoms with Gasteiger partial charge in [0.15, 0.2) is 0 Å². The second-order valence-electron chi connectivity index (χ2n) is 9.30. The quantitative estimate of drug-likeness (QED) is 0.499. The van der Waals surface area contributed by atoms with Gasteiger partial charge in [0.25, 0.3) is 0 Å². The van der Waals surface area contributed by atoms with Crippen molar-refractivity contribution in [1.29, 1.82) is 0 Å². The molecule has 10 heteroatoms. The summed E-state index contributed by atoms with van der Waals surface area (Å²) in [5, 5.41) is 24.2. The van der Waals surface area contributed by atoms with E-state index in [1.165, 1.54) is 5.56 Å². The third-order valence-corrected chi connectivity index (χ3v) is 8.21. The zero-order chi connectivity index (χ0) is 24.1. The van der Waals surface area contributed by atoms with Crippen LogP contribution in [-0.2, 0) is 24.2 Å².